The van der Waals surface area contributed by atoms with Gasteiger partial charge >= 0.3 is 5.97 Å². The fourth-order valence-electron chi connectivity index (χ4n) is 2.67. The fourth-order valence-corrected chi connectivity index (χ4v) is 2.67. The molecular weight excluding hydrogens is 332 g/mol. The lowest BCUT2D eigenvalue weighted by Crippen LogP contribution is -2.12. The molecule has 0 aliphatic carbocycles. The van der Waals surface area contributed by atoms with E-state index in [-0.39, 0.29) is 18.5 Å². The van der Waals surface area contributed by atoms with Gasteiger partial charge in [0.2, 0.25) is 0 Å². The number of ether oxygens (including phenoxy) is 2. The number of furan rings is 1. The molecule has 0 spiro atoms. The lowest BCUT2D eigenvalue weighted by atomic mass is 10.1. The van der Waals surface area contributed by atoms with Crippen molar-refractivity contribution in [3.05, 3.63) is 65.4 Å². The van der Waals surface area contributed by atoms with Crippen molar-refractivity contribution in [3.63, 3.8) is 0 Å². The van der Waals surface area contributed by atoms with Crippen LogP contribution in [0.15, 0.2) is 52.9 Å². The Hall–Kier alpha value is -3.08. The van der Waals surface area contributed by atoms with E-state index in [4.69, 9.17) is 13.9 Å². The molecule has 3 aromatic rings. The summed E-state index contributed by atoms with van der Waals surface area (Å²) in [5.41, 5.74) is 1.54. The van der Waals surface area contributed by atoms with Crippen molar-refractivity contribution in [1.29, 1.82) is 0 Å². The normalized spacial score (nSPS) is 10.9. The van der Waals surface area contributed by atoms with Gasteiger partial charge in [0.1, 0.15) is 22.7 Å². The summed E-state index contributed by atoms with van der Waals surface area (Å²) < 4.78 is 16.5. The number of aryl methyl sites for hydroxylation is 1. The largest absolute Gasteiger partial charge is 0.485 e. The van der Waals surface area contributed by atoms with Gasteiger partial charge in [0.25, 0.3) is 0 Å². The lowest BCUT2D eigenvalue weighted by Gasteiger charge is -2.08. The molecule has 0 saturated carbocycles. The van der Waals surface area contributed by atoms with Gasteiger partial charge in [0, 0.05) is 10.9 Å². The number of hydrogen-bond acceptors (Lipinski definition) is 5. The van der Waals surface area contributed by atoms with Gasteiger partial charge in [0.15, 0.2) is 12.4 Å². The van der Waals surface area contributed by atoms with E-state index < -0.39 is 5.97 Å². The molecule has 2 aromatic carbocycles. The summed E-state index contributed by atoms with van der Waals surface area (Å²) in [6.45, 7) is 5.22. The molecule has 3 rings (SSSR count). The number of ketones is 1. The minimum Gasteiger partial charge on any atom is -0.485 e. The highest BCUT2D eigenvalue weighted by atomic mass is 16.5. The van der Waals surface area contributed by atoms with Crippen LogP contribution in [0.5, 0.6) is 5.75 Å². The average molecular weight is 352 g/mol. The van der Waals surface area contributed by atoms with E-state index in [2.05, 4.69) is 0 Å². The van der Waals surface area contributed by atoms with Gasteiger partial charge in [-0.05, 0) is 39.0 Å². The third kappa shape index (κ3) is 3.77. The number of carbonyl (C=O) groups excluding carboxylic acids is 2. The maximum atomic E-state index is 12.3. The quantitative estimate of drug-likeness (QED) is 0.480. The Morgan fingerprint density at radius 2 is 1.81 bits per heavy atom. The number of rotatable bonds is 6. The topological polar surface area (TPSA) is 65.7 Å². The molecule has 1 aromatic heterocycles. The lowest BCUT2D eigenvalue weighted by molar-refractivity contribution is 0.0378. The summed E-state index contributed by atoms with van der Waals surface area (Å²) in [7, 11) is 0. The maximum absolute atomic E-state index is 12.3. The van der Waals surface area contributed by atoms with Crippen LogP contribution in [0.1, 0.15) is 40.3 Å². The first kappa shape index (κ1) is 17.7. The monoisotopic (exact) mass is 352 g/mol. The number of fused-ring (bicyclic) bond motifs is 1. The molecule has 134 valence electrons. The predicted octanol–water partition coefficient (Wildman–Crippen LogP) is 4.57. The standard InChI is InChI=1S/C21H20O5/c1-13(2)25-21(23)20-14(3)26-19-10-9-16(11-17(19)20)24-12-18(22)15-7-5-4-6-8-15/h4-11,13H,12H2,1-3H3. The summed E-state index contributed by atoms with van der Waals surface area (Å²) in [5, 5.41) is 0.609. The molecule has 0 bridgehead atoms. The van der Waals surface area contributed by atoms with E-state index >= 15 is 0 Å². The van der Waals surface area contributed by atoms with Crippen LogP contribution < -0.4 is 4.74 Å². The predicted molar refractivity (Wildman–Crippen MR) is 97.8 cm³/mol. The highest BCUT2D eigenvalue weighted by Crippen LogP contribution is 2.30. The first-order valence-corrected chi connectivity index (χ1v) is 8.41. The summed E-state index contributed by atoms with van der Waals surface area (Å²) in [5.74, 6) is 0.423. The molecule has 26 heavy (non-hydrogen) atoms. The first-order chi connectivity index (χ1) is 12.5. The van der Waals surface area contributed by atoms with Crippen LogP contribution in [0.25, 0.3) is 11.0 Å². The summed E-state index contributed by atoms with van der Waals surface area (Å²) in [6.07, 6.45) is -0.227. The molecule has 0 atom stereocenters. The molecule has 0 unspecified atom stereocenters. The van der Waals surface area contributed by atoms with Gasteiger partial charge < -0.3 is 13.9 Å². The van der Waals surface area contributed by atoms with E-state index in [1.807, 2.05) is 6.07 Å². The number of Topliss-reactive ketones (excluding diaryl/α,β-unsaturated/α-hetero) is 1. The zero-order valence-electron chi connectivity index (χ0n) is 14.9. The van der Waals surface area contributed by atoms with E-state index in [1.165, 1.54) is 0 Å². The Morgan fingerprint density at radius 3 is 2.50 bits per heavy atom. The Labute approximate surface area is 151 Å². The number of esters is 1. The van der Waals surface area contributed by atoms with E-state index in [9.17, 15) is 9.59 Å². The highest BCUT2D eigenvalue weighted by Gasteiger charge is 2.21. The summed E-state index contributed by atoms with van der Waals surface area (Å²) in [6, 6.07) is 14.1. The van der Waals surface area contributed by atoms with E-state index in [0.717, 1.165) is 0 Å². The van der Waals surface area contributed by atoms with Crippen LogP contribution in [-0.2, 0) is 4.74 Å². The van der Waals surface area contributed by atoms with Gasteiger partial charge in [-0.2, -0.15) is 0 Å². The van der Waals surface area contributed by atoms with Crippen LogP contribution in [-0.4, -0.2) is 24.5 Å². The summed E-state index contributed by atoms with van der Waals surface area (Å²) >= 11 is 0. The second kappa shape index (κ2) is 7.44. The molecule has 0 amide bonds. The number of hydrogen-bond donors (Lipinski definition) is 0. The first-order valence-electron chi connectivity index (χ1n) is 8.41. The fraction of sp³-hybridized carbons (Fsp3) is 0.238. The Kier molecular flexibility index (Phi) is 5.07. The molecule has 0 aliphatic rings. The Morgan fingerprint density at radius 1 is 1.08 bits per heavy atom. The molecule has 0 radical (unpaired) electrons. The van der Waals surface area contributed by atoms with Crippen LogP contribution in [0.3, 0.4) is 0 Å². The van der Waals surface area contributed by atoms with Gasteiger partial charge in [-0.1, -0.05) is 30.3 Å². The Balaban J connectivity index is 1.82. The van der Waals surface area contributed by atoms with Gasteiger partial charge in [-0.3, -0.25) is 4.79 Å². The zero-order valence-corrected chi connectivity index (χ0v) is 14.9. The van der Waals surface area contributed by atoms with Crippen molar-refractivity contribution in [2.24, 2.45) is 0 Å². The van der Waals surface area contributed by atoms with Crippen molar-refractivity contribution in [3.8, 4) is 5.75 Å². The minimum atomic E-state index is -0.436. The van der Waals surface area contributed by atoms with Gasteiger partial charge in [0.05, 0.1) is 6.10 Å². The molecule has 0 N–H and O–H groups in total. The molecule has 0 saturated heterocycles. The van der Waals surface area contributed by atoms with Crippen LogP contribution in [0.4, 0.5) is 0 Å². The smallest absolute Gasteiger partial charge is 0.342 e. The van der Waals surface area contributed by atoms with Crippen LogP contribution in [0, 0.1) is 6.92 Å². The second-order valence-electron chi connectivity index (χ2n) is 6.22. The molecule has 5 heteroatoms. The third-order valence-corrected chi connectivity index (χ3v) is 3.85. The number of carbonyl (C=O) groups is 2. The molecule has 1 heterocycles. The SMILES string of the molecule is Cc1oc2ccc(OCC(=O)c3ccccc3)cc2c1C(=O)OC(C)C. The third-order valence-electron chi connectivity index (χ3n) is 3.85. The van der Waals surface area contributed by atoms with Crippen LogP contribution >= 0.6 is 0 Å². The van der Waals surface area contributed by atoms with Crippen molar-refractivity contribution in [2.75, 3.05) is 6.61 Å². The van der Waals surface area contributed by atoms with Crippen molar-refractivity contribution >= 4 is 22.7 Å². The van der Waals surface area contributed by atoms with Crippen molar-refractivity contribution in [2.45, 2.75) is 26.9 Å². The van der Waals surface area contributed by atoms with E-state index in [0.29, 0.717) is 33.6 Å². The zero-order chi connectivity index (χ0) is 18.7. The average Bonchev–Trinajstić information content (AvgIpc) is 2.95. The van der Waals surface area contributed by atoms with Crippen molar-refractivity contribution < 1.29 is 23.5 Å². The molecule has 5 nitrogen and oxygen atoms in total. The maximum Gasteiger partial charge on any atom is 0.342 e. The minimum absolute atomic E-state index is 0.0852. The van der Waals surface area contributed by atoms with Crippen LogP contribution in [0.2, 0.25) is 0 Å². The van der Waals surface area contributed by atoms with Gasteiger partial charge in [-0.15, -0.1) is 0 Å². The summed E-state index contributed by atoms with van der Waals surface area (Å²) in [4.78, 5) is 24.5. The highest BCUT2D eigenvalue weighted by molar-refractivity contribution is 6.05. The molecule has 0 aliphatic heterocycles. The van der Waals surface area contributed by atoms with Gasteiger partial charge in [-0.25, -0.2) is 4.79 Å². The van der Waals surface area contributed by atoms with E-state index in [1.54, 1.807) is 63.2 Å². The molecule has 0 fully saturated rings. The molecular formula is C21H20O5. The Bertz CT molecular complexity index is 938. The van der Waals surface area contributed by atoms with Crippen molar-refractivity contribution in [1.82, 2.24) is 0 Å². The second-order valence-corrected chi connectivity index (χ2v) is 6.22. The number of benzene rings is 2.